The van der Waals surface area contributed by atoms with Crippen LogP contribution in [0.25, 0.3) is 0 Å². The Kier molecular flexibility index (Phi) is 5.08. The monoisotopic (exact) mass is 299 g/mol. The van der Waals surface area contributed by atoms with Gasteiger partial charge in [-0.25, -0.2) is 0 Å². The van der Waals surface area contributed by atoms with Crippen LogP contribution in [0.4, 0.5) is 5.69 Å². The van der Waals surface area contributed by atoms with Gasteiger partial charge in [-0.1, -0.05) is 29.8 Å². The van der Waals surface area contributed by atoms with Gasteiger partial charge >= 0.3 is 0 Å². The molecular weight excluding hydrogens is 278 g/mol. The summed E-state index contributed by atoms with van der Waals surface area (Å²) in [6.07, 6.45) is -0.148. The number of hydrogen-bond acceptors (Lipinski definition) is 4. The van der Waals surface area contributed by atoms with Crippen molar-refractivity contribution in [1.82, 2.24) is 4.57 Å². The molecule has 0 aliphatic carbocycles. The fourth-order valence-electron chi connectivity index (χ4n) is 2.27. The van der Waals surface area contributed by atoms with Crippen LogP contribution in [0.15, 0.2) is 30.3 Å². The van der Waals surface area contributed by atoms with Crippen LogP contribution in [0.3, 0.4) is 0 Å². The van der Waals surface area contributed by atoms with Gasteiger partial charge in [0.2, 0.25) is 5.88 Å². The predicted octanol–water partition coefficient (Wildman–Crippen LogP) is 2.71. The fourth-order valence-corrected chi connectivity index (χ4v) is 2.27. The molecule has 0 aliphatic heterocycles. The molecule has 116 valence electrons. The smallest absolute Gasteiger partial charge is 0.219 e. The highest BCUT2D eigenvalue weighted by Crippen LogP contribution is 2.28. The number of benzene rings is 1. The van der Waals surface area contributed by atoms with Gasteiger partial charge in [-0.05, 0) is 19.4 Å². The number of methoxy groups -OCH3 is 1. The Balaban J connectivity index is 2.31. The zero-order valence-electron chi connectivity index (χ0n) is 13.2. The maximum atomic E-state index is 9.31. The molecule has 5 heteroatoms. The van der Waals surface area contributed by atoms with Gasteiger partial charge in [0.15, 0.2) is 0 Å². The molecule has 0 saturated heterocycles. The molecule has 5 nitrogen and oxygen atoms in total. The van der Waals surface area contributed by atoms with Gasteiger partial charge in [-0.2, -0.15) is 5.26 Å². The second-order valence-corrected chi connectivity index (χ2v) is 5.36. The Morgan fingerprint density at radius 2 is 2.00 bits per heavy atom. The van der Waals surface area contributed by atoms with Gasteiger partial charge in [0.1, 0.15) is 17.9 Å². The summed E-state index contributed by atoms with van der Waals surface area (Å²) < 4.78 is 12.7. The lowest BCUT2D eigenvalue weighted by molar-refractivity contribution is 0.0869. The van der Waals surface area contributed by atoms with Crippen molar-refractivity contribution in [3.8, 4) is 11.9 Å². The summed E-state index contributed by atoms with van der Waals surface area (Å²) in [7, 11) is 1.62. The minimum atomic E-state index is -0.148. The number of aromatic nitrogens is 1. The van der Waals surface area contributed by atoms with E-state index in [-0.39, 0.29) is 6.10 Å². The molecule has 0 bridgehead atoms. The average molecular weight is 299 g/mol. The molecule has 2 N–H and O–H groups in total. The lowest BCUT2D eigenvalue weighted by Crippen LogP contribution is -2.20. The molecule has 0 spiro atoms. The topological polar surface area (TPSA) is 73.2 Å². The summed E-state index contributed by atoms with van der Waals surface area (Å²) in [6, 6.07) is 12.0. The number of nitrogens with two attached hydrogens (primary N) is 1. The van der Waals surface area contributed by atoms with Crippen LogP contribution in [0.2, 0.25) is 0 Å². The summed E-state index contributed by atoms with van der Waals surface area (Å²) in [5, 5.41) is 9.31. The first-order chi connectivity index (χ1) is 10.5. The Bertz CT molecular complexity index is 668. The molecule has 1 heterocycles. The Hall–Kier alpha value is -2.45. The zero-order chi connectivity index (χ0) is 16.1. The van der Waals surface area contributed by atoms with E-state index in [0.717, 1.165) is 5.56 Å². The quantitative estimate of drug-likeness (QED) is 0.890. The number of rotatable bonds is 6. The van der Waals surface area contributed by atoms with Crippen LogP contribution in [-0.2, 0) is 11.3 Å². The van der Waals surface area contributed by atoms with Crippen molar-refractivity contribution in [2.24, 2.45) is 0 Å². The van der Waals surface area contributed by atoms with Gasteiger partial charge in [0, 0.05) is 13.2 Å². The number of nitriles is 1. The number of ether oxygens (including phenoxy) is 2. The van der Waals surface area contributed by atoms with Crippen molar-refractivity contribution >= 4 is 5.69 Å². The highest BCUT2D eigenvalue weighted by Gasteiger charge is 2.17. The van der Waals surface area contributed by atoms with E-state index >= 15 is 0 Å². The van der Waals surface area contributed by atoms with Gasteiger partial charge in [-0.15, -0.1) is 0 Å². The third-order valence-electron chi connectivity index (χ3n) is 3.37. The van der Waals surface area contributed by atoms with E-state index in [0.29, 0.717) is 30.4 Å². The maximum absolute atomic E-state index is 9.31. The SMILES string of the molecule is COC[C@@H](C)Oc1c(N)cc(C#N)n1Cc1ccc(C)cc1. The average Bonchev–Trinajstić information content (AvgIpc) is 2.78. The molecule has 1 aromatic heterocycles. The van der Waals surface area contributed by atoms with Gasteiger partial charge in [0.25, 0.3) is 0 Å². The molecule has 0 radical (unpaired) electrons. The largest absolute Gasteiger partial charge is 0.472 e. The molecule has 0 saturated carbocycles. The van der Waals surface area contributed by atoms with Crippen LogP contribution in [0, 0.1) is 18.3 Å². The molecule has 1 aromatic carbocycles. The lowest BCUT2D eigenvalue weighted by Gasteiger charge is -2.17. The fraction of sp³-hybridized carbons (Fsp3) is 0.353. The standard InChI is InChI=1S/C17H21N3O2/c1-12-4-6-14(7-5-12)10-20-15(9-18)8-16(19)17(20)22-13(2)11-21-3/h4-8,13H,10-11,19H2,1-3H3/t13-/m1/s1. The Morgan fingerprint density at radius 1 is 1.32 bits per heavy atom. The number of anilines is 1. The zero-order valence-corrected chi connectivity index (χ0v) is 13.2. The molecule has 22 heavy (non-hydrogen) atoms. The van der Waals surface area contributed by atoms with E-state index in [4.69, 9.17) is 15.2 Å². The normalized spacial score (nSPS) is 11.9. The minimum absolute atomic E-state index is 0.148. The van der Waals surface area contributed by atoms with E-state index in [1.165, 1.54) is 5.56 Å². The number of nitrogen functional groups attached to an aromatic ring is 1. The van der Waals surface area contributed by atoms with Crippen LogP contribution in [0.5, 0.6) is 5.88 Å². The predicted molar refractivity (Wildman–Crippen MR) is 85.8 cm³/mol. The molecule has 0 amide bonds. The summed E-state index contributed by atoms with van der Waals surface area (Å²) in [4.78, 5) is 0. The van der Waals surface area contributed by atoms with Crippen molar-refractivity contribution in [3.63, 3.8) is 0 Å². The molecular formula is C17H21N3O2. The van der Waals surface area contributed by atoms with E-state index in [1.807, 2.05) is 38.1 Å². The molecule has 2 rings (SSSR count). The Labute approximate surface area is 130 Å². The molecule has 0 fully saturated rings. The van der Waals surface area contributed by atoms with Crippen molar-refractivity contribution in [2.75, 3.05) is 19.5 Å². The van der Waals surface area contributed by atoms with E-state index in [1.54, 1.807) is 17.7 Å². The van der Waals surface area contributed by atoms with Crippen LogP contribution in [-0.4, -0.2) is 24.4 Å². The van der Waals surface area contributed by atoms with Crippen LogP contribution < -0.4 is 10.5 Å². The third kappa shape index (κ3) is 3.60. The maximum Gasteiger partial charge on any atom is 0.219 e. The second-order valence-electron chi connectivity index (χ2n) is 5.36. The van der Waals surface area contributed by atoms with Crippen molar-refractivity contribution < 1.29 is 9.47 Å². The lowest BCUT2D eigenvalue weighted by atomic mass is 10.1. The van der Waals surface area contributed by atoms with E-state index < -0.39 is 0 Å². The van der Waals surface area contributed by atoms with E-state index in [9.17, 15) is 5.26 Å². The van der Waals surface area contributed by atoms with E-state index in [2.05, 4.69) is 6.07 Å². The first-order valence-corrected chi connectivity index (χ1v) is 7.15. The highest BCUT2D eigenvalue weighted by atomic mass is 16.5. The van der Waals surface area contributed by atoms with Crippen LogP contribution >= 0.6 is 0 Å². The molecule has 0 unspecified atom stereocenters. The van der Waals surface area contributed by atoms with Crippen molar-refractivity contribution in [3.05, 3.63) is 47.2 Å². The summed E-state index contributed by atoms with van der Waals surface area (Å²) in [5.74, 6) is 0.515. The molecule has 2 aromatic rings. The van der Waals surface area contributed by atoms with Gasteiger partial charge < -0.3 is 15.2 Å². The number of hydrogen-bond donors (Lipinski definition) is 1. The van der Waals surface area contributed by atoms with Gasteiger partial charge in [-0.3, -0.25) is 4.57 Å². The Morgan fingerprint density at radius 3 is 2.59 bits per heavy atom. The van der Waals surface area contributed by atoms with Gasteiger partial charge in [0.05, 0.1) is 18.8 Å². The third-order valence-corrected chi connectivity index (χ3v) is 3.37. The first-order valence-electron chi connectivity index (χ1n) is 7.15. The van der Waals surface area contributed by atoms with Crippen molar-refractivity contribution in [1.29, 1.82) is 5.26 Å². The number of aryl methyl sites for hydroxylation is 1. The highest BCUT2D eigenvalue weighted by molar-refractivity contribution is 5.55. The van der Waals surface area contributed by atoms with Crippen LogP contribution in [0.1, 0.15) is 23.7 Å². The summed E-state index contributed by atoms with van der Waals surface area (Å²) in [5.41, 5.74) is 9.23. The van der Waals surface area contributed by atoms with Crippen molar-refractivity contribution in [2.45, 2.75) is 26.5 Å². The summed E-state index contributed by atoms with van der Waals surface area (Å²) in [6.45, 7) is 4.93. The number of nitrogens with zero attached hydrogens (tertiary/aromatic N) is 2. The first kappa shape index (κ1) is 15.9. The minimum Gasteiger partial charge on any atom is -0.472 e. The molecule has 1 atom stereocenters. The second kappa shape index (κ2) is 7.01. The molecule has 0 aliphatic rings. The summed E-state index contributed by atoms with van der Waals surface area (Å²) >= 11 is 0.